The first-order valence-corrected chi connectivity index (χ1v) is 17.7. The smallest absolute Gasteiger partial charge is 0.0541 e. The Morgan fingerprint density at radius 3 is 1.84 bits per heavy atom. The molecule has 0 unspecified atom stereocenters. The van der Waals surface area contributed by atoms with E-state index in [1.165, 1.54) is 89.1 Å². The van der Waals surface area contributed by atoms with E-state index in [0.29, 0.717) is 0 Å². The first-order chi connectivity index (χ1) is 24.3. The SMILES string of the molecule is CC1(C)c2ccccc2-c2cc3c(cc21)N(c1ccc(-c2ccc4c(c2)c2ccccc2n4-c2ccccc2)cc1)c1ccccc1C3(C)C. The van der Waals surface area contributed by atoms with Crippen LogP contribution in [0, 0.1) is 0 Å². The molecule has 0 amide bonds. The molecule has 0 saturated heterocycles. The topological polar surface area (TPSA) is 8.17 Å². The van der Waals surface area contributed by atoms with Gasteiger partial charge in [0.25, 0.3) is 0 Å². The molecule has 0 spiro atoms. The predicted molar refractivity (Wildman–Crippen MR) is 211 cm³/mol. The van der Waals surface area contributed by atoms with Crippen molar-refractivity contribution in [3.05, 3.63) is 180 Å². The lowest BCUT2D eigenvalue weighted by atomic mass is 9.72. The first-order valence-electron chi connectivity index (χ1n) is 17.7. The number of hydrogen-bond donors (Lipinski definition) is 0. The number of benzene rings is 7. The van der Waals surface area contributed by atoms with Crippen molar-refractivity contribution in [2.75, 3.05) is 4.90 Å². The van der Waals surface area contributed by atoms with Gasteiger partial charge in [-0.2, -0.15) is 0 Å². The van der Waals surface area contributed by atoms with Crippen molar-refractivity contribution < 1.29 is 0 Å². The van der Waals surface area contributed by atoms with Crippen LogP contribution in [-0.4, -0.2) is 4.57 Å². The number of nitrogens with zero attached hydrogens (tertiary/aromatic N) is 2. The lowest BCUT2D eigenvalue weighted by Crippen LogP contribution is -2.31. The molecular formula is C48H38N2. The third-order valence-electron chi connectivity index (χ3n) is 11.6. The number of rotatable bonds is 3. The van der Waals surface area contributed by atoms with Crippen LogP contribution in [0.1, 0.15) is 49.9 Å². The summed E-state index contributed by atoms with van der Waals surface area (Å²) in [5, 5.41) is 2.54. The fourth-order valence-electron chi connectivity index (χ4n) is 8.98. The largest absolute Gasteiger partial charge is 0.310 e. The molecule has 1 aromatic heterocycles. The van der Waals surface area contributed by atoms with Crippen LogP contribution in [0.5, 0.6) is 0 Å². The summed E-state index contributed by atoms with van der Waals surface area (Å²) in [5.74, 6) is 0. The van der Waals surface area contributed by atoms with Crippen LogP contribution in [-0.2, 0) is 10.8 Å². The Bertz CT molecular complexity index is 2640. The summed E-state index contributed by atoms with van der Waals surface area (Å²) < 4.78 is 2.38. The van der Waals surface area contributed by atoms with Crippen molar-refractivity contribution in [3.63, 3.8) is 0 Å². The molecule has 7 aromatic carbocycles. The monoisotopic (exact) mass is 642 g/mol. The molecule has 1 aliphatic heterocycles. The first kappa shape index (κ1) is 29.1. The zero-order valence-corrected chi connectivity index (χ0v) is 28.9. The van der Waals surface area contributed by atoms with Crippen LogP contribution in [0.2, 0.25) is 0 Å². The quantitative estimate of drug-likeness (QED) is 0.186. The second-order valence-corrected chi connectivity index (χ2v) is 15.0. The standard InChI is InChI=1S/C48H38N2/c1-47(2)39-18-10-8-16-35(39)37-29-42-46(30-41(37)47)50(45-21-13-11-19-40(45)48(42,3)4)34-25-22-31(23-26-34)32-24-27-44-38(28-32)36-17-9-12-20-43(36)49(44)33-14-6-5-7-15-33/h5-30H,1-4H3. The lowest BCUT2D eigenvalue weighted by molar-refractivity contribution is 0.627. The molecule has 0 radical (unpaired) electrons. The molecule has 1 aliphatic carbocycles. The van der Waals surface area contributed by atoms with E-state index in [1.807, 2.05) is 0 Å². The maximum Gasteiger partial charge on any atom is 0.0541 e. The summed E-state index contributed by atoms with van der Waals surface area (Å²) in [7, 11) is 0. The van der Waals surface area contributed by atoms with Gasteiger partial charge in [-0.25, -0.2) is 0 Å². The van der Waals surface area contributed by atoms with E-state index in [0.717, 1.165) is 0 Å². The van der Waals surface area contributed by atoms with Crippen molar-refractivity contribution in [3.8, 4) is 27.9 Å². The predicted octanol–water partition coefficient (Wildman–Crippen LogP) is 12.9. The number of aromatic nitrogens is 1. The van der Waals surface area contributed by atoms with E-state index in [2.05, 4.69) is 195 Å². The Balaban J connectivity index is 1.11. The van der Waals surface area contributed by atoms with Gasteiger partial charge in [0, 0.05) is 33.0 Å². The Labute approximate surface area is 293 Å². The molecule has 240 valence electrons. The molecule has 2 heteroatoms. The van der Waals surface area contributed by atoms with Crippen LogP contribution in [0.4, 0.5) is 17.1 Å². The minimum Gasteiger partial charge on any atom is -0.310 e. The third-order valence-corrected chi connectivity index (χ3v) is 11.6. The van der Waals surface area contributed by atoms with Gasteiger partial charge in [0.15, 0.2) is 0 Å². The van der Waals surface area contributed by atoms with E-state index in [9.17, 15) is 0 Å². The molecule has 0 bridgehead atoms. The fourth-order valence-corrected chi connectivity index (χ4v) is 8.98. The average Bonchev–Trinajstić information content (AvgIpc) is 3.60. The van der Waals surface area contributed by atoms with Crippen LogP contribution in [0.15, 0.2) is 158 Å². The Kier molecular flexibility index (Phi) is 6.01. The Morgan fingerprint density at radius 1 is 0.380 bits per heavy atom. The van der Waals surface area contributed by atoms with Gasteiger partial charge in [0.05, 0.1) is 22.4 Å². The van der Waals surface area contributed by atoms with Crippen molar-refractivity contribution >= 4 is 38.9 Å². The molecule has 0 N–H and O–H groups in total. The van der Waals surface area contributed by atoms with Crippen molar-refractivity contribution in [1.29, 1.82) is 0 Å². The molecule has 10 rings (SSSR count). The minimum absolute atomic E-state index is 0.0696. The van der Waals surface area contributed by atoms with Crippen molar-refractivity contribution in [2.24, 2.45) is 0 Å². The third kappa shape index (κ3) is 3.96. The van der Waals surface area contributed by atoms with Gasteiger partial charge in [-0.15, -0.1) is 0 Å². The molecular weight excluding hydrogens is 605 g/mol. The van der Waals surface area contributed by atoms with Gasteiger partial charge in [-0.1, -0.05) is 125 Å². The highest BCUT2D eigenvalue weighted by atomic mass is 15.2. The van der Waals surface area contributed by atoms with Crippen molar-refractivity contribution in [2.45, 2.75) is 38.5 Å². The highest BCUT2D eigenvalue weighted by Gasteiger charge is 2.42. The van der Waals surface area contributed by atoms with Crippen LogP contribution in [0.3, 0.4) is 0 Å². The van der Waals surface area contributed by atoms with Crippen LogP contribution >= 0.6 is 0 Å². The Morgan fingerprint density at radius 2 is 1.02 bits per heavy atom. The van der Waals surface area contributed by atoms with E-state index < -0.39 is 0 Å². The fraction of sp³-hybridized carbons (Fsp3) is 0.125. The van der Waals surface area contributed by atoms with E-state index in [4.69, 9.17) is 0 Å². The van der Waals surface area contributed by atoms with Crippen LogP contribution < -0.4 is 4.90 Å². The molecule has 0 saturated carbocycles. The second kappa shape index (κ2) is 10.3. The molecule has 0 fully saturated rings. The zero-order valence-electron chi connectivity index (χ0n) is 28.9. The van der Waals surface area contributed by atoms with Crippen molar-refractivity contribution in [1.82, 2.24) is 4.57 Å². The van der Waals surface area contributed by atoms with Crippen LogP contribution in [0.25, 0.3) is 49.7 Å². The lowest BCUT2D eigenvalue weighted by Gasteiger charge is -2.43. The molecule has 2 nitrogen and oxygen atoms in total. The van der Waals surface area contributed by atoms with Gasteiger partial charge in [0.1, 0.15) is 0 Å². The Hall–Kier alpha value is -5.86. The number of anilines is 3. The van der Waals surface area contributed by atoms with Gasteiger partial charge in [-0.05, 0) is 105 Å². The summed E-state index contributed by atoms with van der Waals surface area (Å²) in [6.07, 6.45) is 0. The highest BCUT2D eigenvalue weighted by Crippen LogP contribution is 2.57. The minimum atomic E-state index is -0.145. The normalized spacial score (nSPS) is 15.1. The van der Waals surface area contributed by atoms with E-state index in [-0.39, 0.29) is 10.8 Å². The maximum atomic E-state index is 2.50. The van der Waals surface area contributed by atoms with Gasteiger partial charge in [0.2, 0.25) is 0 Å². The molecule has 8 aromatic rings. The maximum absolute atomic E-state index is 2.50. The number of fused-ring (bicyclic) bond motifs is 8. The highest BCUT2D eigenvalue weighted by molar-refractivity contribution is 6.10. The second-order valence-electron chi connectivity index (χ2n) is 15.0. The summed E-state index contributed by atoms with van der Waals surface area (Å²) in [6, 6.07) is 58.4. The summed E-state index contributed by atoms with van der Waals surface area (Å²) in [4.78, 5) is 2.50. The van der Waals surface area contributed by atoms with E-state index in [1.54, 1.807) is 0 Å². The zero-order chi connectivity index (χ0) is 33.8. The average molecular weight is 643 g/mol. The summed E-state index contributed by atoms with van der Waals surface area (Å²) >= 11 is 0. The number of para-hydroxylation sites is 3. The summed E-state index contributed by atoms with van der Waals surface area (Å²) in [5.41, 5.74) is 17.8. The van der Waals surface area contributed by atoms with Gasteiger partial charge < -0.3 is 9.47 Å². The number of hydrogen-bond acceptors (Lipinski definition) is 1. The molecule has 0 atom stereocenters. The van der Waals surface area contributed by atoms with Gasteiger partial charge in [-0.3, -0.25) is 0 Å². The molecule has 2 heterocycles. The van der Waals surface area contributed by atoms with E-state index >= 15 is 0 Å². The molecule has 2 aliphatic rings. The molecule has 50 heavy (non-hydrogen) atoms. The summed E-state index contributed by atoms with van der Waals surface area (Å²) in [6.45, 7) is 9.52. The van der Waals surface area contributed by atoms with Gasteiger partial charge >= 0.3 is 0 Å².